The van der Waals surface area contributed by atoms with E-state index in [1.165, 1.54) is 5.56 Å². The fraction of sp³-hybridized carbons (Fsp3) is 0.462. The van der Waals surface area contributed by atoms with Gasteiger partial charge < -0.3 is 19.5 Å². The molecule has 2 heterocycles. The smallest absolute Gasteiger partial charge is 0.305 e. The molecule has 18 heavy (non-hydrogen) atoms. The van der Waals surface area contributed by atoms with E-state index in [1.807, 2.05) is 24.1 Å². The molecule has 0 bridgehead atoms. The van der Waals surface area contributed by atoms with Crippen LogP contribution in [0.4, 0.5) is 5.69 Å². The van der Waals surface area contributed by atoms with Crippen LogP contribution >= 0.6 is 0 Å². The van der Waals surface area contributed by atoms with Crippen LogP contribution in [0.15, 0.2) is 12.1 Å². The molecule has 96 valence electrons. The molecular weight excluding hydrogens is 234 g/mol. The molecule has 1 aromatic carbocycles. The molecule has 1 atom stereocenters. The van der Waals surface area contributed by atoms with E-state index in [1.54, 1.807) is 0 Å². The number of hydrogen-bond donors (Lipinski definition) is 1. The highest BCUT2D eigenvalue weighted by Gasteiger charge is 2.28. The lowest BCUT2D eigenvalue weighted by Gasteiger charge is -2.35. The zero-order chi connectivity index (χ0) is 12.7. The minimum atomic E-state index is -0.754. The third-order valence-corrected chi connectivity index (χ3v) is 3.66. The van der Waals surface area contributed by atoms with Gasteiger partial charge in [-0.25, -0.2) is 0 Å². The first-order chi connectivity index (χ1) is 8.65. The summed E-state index contributed by atoms with van der Waals surface area (Å²) in [5, 5.41) is 8.92. The molecule has 0 saturated heterocycles. The second kappa shape index (κ2) is 4.08. The molecule has 0 radical (unpaired) electrons. The quantitative estimate of drug-likeness (QED) is 0.863. The van der Waals surface area contributed by atoms with Gasteiger partial charge in [-0.05, 0) is 24.5 Å². The largest absolute Gasteiger partial charge is 0.481 e. The van der Waals surface area contributed by atoms with Crippen molar-refractivity contribution < 1.29 is 19.4 Å². The Kier molecular flexibility index (Phi) is 2.54. The first-order valence-electron chi connectivity index (χ1n) is 6.02. The highest BCUT2D eigenvalue weighted by atomic mass is 16.7. The predicted octanol–water partition coefficient (Wildman–Crippen LogP) is 1.64. The standard InChI is InChI=1S/C13H15NO4/c1-14-9(5-13(15)16)3-2-8-4-11-12(6-10(8)14)18-7-17-11/h4,6,9H,2-3,5,7H2,1H3,(H,15,16). The van der Waals surface area contributed by atoms with Gasteiger partial charge in [-0.2, -0.15) is 0 Å². The second-order valence-corrected chi connectivity index (χ2v) is 4.74. The van der Waals surface area contributed by atoms with Crippen molar-refractivity contribution in [1.29, 1.82) is 0 Å². The molecule has 0 fully saturated rings. The summed E-state index contributed by atoms with van der Waals surface area (Å²) in [5.74, 6) is 0.784. The monoisotopic (exact) mass is 249 g/mol. The lowest BCUT2D eigenvalue weighted by atomic mass is 9.94. The summed E-state index contributed by atoms with van der Waals surface area (Å²) in [7, 11) is 1.94. The topological polar surface area (TPSA) is 59.0 Å². The van der Waals surface area contributed by atoms with Crippen molar-refractivity contribution in [2.45, 2.75) is 25.3 Å². The summed E-state index contributed by atoms with van der Waals surface area (Å²) in [6, 6.07) is 4.01. The molecular formula is C13H15NO4. The van der Waals surface area contributed by atoms with Gasteiger partial charge >= 0.3 is 5.97 Å². The lowest BCUT2D eigenvalue weighted by molar-refractivity contribution is -0.137. The minimum absolute atomic E-state index is 0.0513. The van der Waals surface area contributed by atoms with Crippen molar-refractivity contribution in [3.05, 3.63) is 17.7 Å². The summed E-state index contributed by atoms with van der Waals surface area (Å²) < 4.78 is 10.7. The zero-order valence-electron chi connectivity index (χ0n) is 10.2. The van der Waals surface area contributed by atoms with Crippen molar-refractivity contribution in [2.24, 2.45) is 0 Å². The number of hydrogen-bond acceptors (Lipinski definition) is 4. The first-order valence-corrected chi connectivity index (χ1v) is 6.02. The fourth-order valence-corrected chi connectivity index (χ4v) is 2.65. The molecule has 1 N–H and O–H groups in total. The number of nitrogens with zero attached hydrogens (tertiary/aromatic N) is 1. The Labute approximate surface area is 105 Å². The van der Waals surface area contributed by atoms with E-state index in [9.17, 15) is 4.79 Å². The molecule has 3 rings (SSSR count). The number of aliphatic carboxylic acids is 1. The van der Waals surface area contributed by atoms with Gasteiger partial charge in [0.15, 0.2) is 11.5 Å². The Balaban J connectivity index is 1.92. The molecule has 5 nitrogen and oxygen atoms in total. The molecule has 0 saturated carbocycles. The molecule has 0 aliphatic carbocycles. The Morgan fingerprint density at radius 2 is 2.17 bits per heavy atom. The summed E-state index contributed by atoms with van der Waals surface area (Å²) in [6.45, 7) is 0.264. The molecule has 0 aromatic heterocycles. The summed E-state index contributed by atoms with van der Waals surface area (Å²) in [5.41, 5.74) is 2.25. The molecule has 0 spiro atoms. The number of benzene rings is 1. The summed E-state index contributed by atoms with van der Waals surface area (Å²) >= 11 is 0. The third-order valence-electron chi connectivity index (χ3n) is 3.66. The van der Waals surface area contributed by atoms with Crippen molar-refractivity contribution in [3.63, 3.8) is 0 Å². The highest BCUT2D eigenvalue weighted by Crippen LogP contribution is 2.41. The van der Waals surface area contributed by atoms with Crippen molar-refractivity contribution in [2.75, 3.05) is 18.7 Å². The molecule has 5 heteroatoms. The first kappa shape index (κ1) is 11.2. The maximum atomic E-state index is 10.8. The number of ether oxygens (including phenoxy) is 2. The van der Waals surface area contributed by atoms with Crippen LogP contribution in [-0.4, -0.2) is 31.0 Å². The van der Waals surface area contributed by atoms with Gasteiger partial charge in [-0.1, -0.05) is 0 Å². The SMILES string of the molecule is CN1c2cc3c(cc2CCC1CC(=O)O)OCO3. The van der Waals surface area contributed by atoms with Crippen LogP contribution in [0.3, 0.4) is 0 Å². The number of carboxylic acids is 1. The van der Waals surface area contributed by atoms with Gasteiger partial charge in [0, 0.05) is 24.8 Å². The summed E-state index contributed by atoms with van der Waals surface area (Å²) in [6.07, 6.45) is 1.91. The zero-order valence-corrected chi connectivity index (χ0v) is 10.2. The molecule has 1 aromatic rings. The number of aryl methyl sites for hydroxylation is 1. The third kappa shape index (κ3) is 1.75. The fourth-order valence-electron chi connectivity index (χ4n) is 2.65. The molecule has 2 aliphatic heterocycles. The van der Waals surface area contributed by atoms with E-state index in [-0.39, 0.29) is 19.3 Å². The van der Waals surface area contributed by atoms with Gasteiger partial charge in [0.2, 0.25) is 6.79 Å². The van der Waals surface area contributed by atoms with E-state index in [0.717, 1.165) is 30.0 Å². The van der Waals surface area contributed by atoms with Crippen LogP contribution in [0.1, 0.15) is 18.4 Å². The maximum absolute atomic E-state index is 10.8. The second-order valence-electron chi connectivity index (χ2n) is 4.74. The van der Waals surface area contributed by atoms with E-state index in [2.05, 4.69) is 0 Å². The molecule has 1 unspecified atom stereocenters. The van der Waals surface area contributed by atoms with Crippen LogP contribution in [0.25, 0.3) is 0 Å². The van der Waals surface area contributed by atoms with Gasteiger partial charge in [0.05, 0.1) is 6.42 Å². The van der Waals surface area contributed by atoms with Crippen molar-refractivity contribution >= 4 is 11.7 Å². The average molecular weight is 249 g/mol. The van der Waals surface area contributed by atoms with E-state index >= 15 is 0 Å². The minimum Gasteiger partial charge on any atom is -0.481 e. The number of anilines is 1. The van der Waals surface area contributed by atoms with Gasteiger partial charge in [-0.15, -0.1) is 0 Å². The van der Waals surface area contributed by atoms with Crippen molar-refractivity contribution in [1.82, 2.24) is 0 Å². The maximum Gasteiger partial charge on any atom is 0.305 e. The van der Waals surface area contributed by atoms with Crippen LogP contribution < -0.4 is 14.4 Å². The number of fused-ring (bicyclic) bond motifs is 2. The molecule has 2 aliphatic rings. The predicted molar refractivity (Wildman–Crippen MR) is 65.3 cm³/mol. The Morgan fingerprint density at radius 3 is 2.89 bits per heavy atom. The Bertz CT molecular complexity index is 500. The van der Waals surface area contributed by atoms with E-state index in [0.29, 0.717) is 0 Å². The number of carbonyl (C=O) groups is 1. The van der Waals surface area contributed by atoms with Gasteiger partial charge in [0.1, 0.15) is 0 Å². The van der Waals surface area contributed by atoms with E-state index in [4.69, 9.17) is 14.6 Å². The average Bonchev–Trinajstić information content (AvgIpc) is 2.77. The van der Waals surface area contributed by atoms with Crippen LogP contribution in [0, 0.1) is 0 Å². The number of rotatable bonds is 2. The molecule has 0 amide bonds. The van der Waals surface area contributed by atoms with Crippen LogP contribution in [-0.2, 0) is 11.2 Å². The Morgan fingerprint density at radius 1 is 1.44 bits per heavy atom. The number of carboxylic acid groups (broad SMARTS) is 1. The van der Waals surface area contributed by atoms with Crippen molar-refractivity contribution in [3.8, 4) is 11.5 Å². The van der Waals surface area contributed by atoms with E-state index < -0.39 is 5.97 Å². The van der Waals surface area contributed by atoms with Crippen LogP contribution in [0.5, 0.6) is 11.5 Å². The highest BCUT2D eigenvalue weighted by molar-refractivity contribution is 5.70. The Hall–Kier alpha value is -1.91. The normalized spacial score (nSPS) is 20.7. The van der Waals surface area contributed by atoms with Crippen LogP contribution in [0.2, 0.25) is 0 Å². The van der Waals surface area contributed by atoms with Gasteiger partial charge in [0.25, 0.3) is 0 Å². The lowest BCUT2D eigenvalue weighted by Crippen LogP contribution is -2.37. The van der Waals surface area contributed by atoms with Gasteiger partial charge in [-0.3, -0.25) is 4.79 Å². The summed E-state index contributed by atoms with van der Waals surface area (Å²) in [4.78, 5) is 12.9.